The third-order valence-corrected chi connectivity index (χ3v) is 4.23. The summed E-state index contributed by atoms with van der Waals surface area (Å²) in [5, 5.41) is 0. The van der Waals surface area contributed by atoms with Crippen LogP contribution in [-0.2, 0) is 16.0 Å². The molecule has 0 amide bonds. The summed E-state index contributed by atoms with van der Waals surface area (Å²) in [5.41, 5.74) is 7.80. The van der Waals surface area contributed by atoms with Gasteiger partial charge in [0.05, 0.1) is 17.7 Å². The van der Waals surface area contributed by atoms with Crippen LogP contribution >= 0.6 is 0 Å². The summed E-state index contributed by atoms with van der Waals surface area (Å²) in [4.78, 5) is 17.1. The number of carbonyl (C=O) groups excluding carboxylic acids is 1. The van der Waals surface area contributed by atoms with Gasteiger partial charge in [-0.05, 0) is 43.7 Å². The average molecular weight is 260 g/mol. The van der Waals surface area contributed by atoms with E-state index in [-0.39, 0.29) is 23.9 Å². The molecule has 1 fully saturated rings. The Labute approximate surface area is 113 Å². The first-order valence-corrected chi connectivity index (χ1v) is 7.12. The molecule has 4 nitrogen and oxygen atoms in total. The molecule has 4 heteroatoms. The van der Waals surface area contributed by atoms with Crippen LogP contribution in [-0.4, -0.2) is 29.5 Å². The highest BCUT2D eigenvalue weighted by Gasteiger charge is 2.37. The molecule has 1 aromatic rings. The van der Waals surface area contributed by atoms with E-state index in [4.69, 9.17) is 10.5 Å². The minimum atomic E-state index is -0.272. The lowest BCUT2D eigenvalue weighted by molar-refractivity contribution is -0.131. The number of nitrogens with two attached hydrogens (primary N) is 1. The molecule has 2 heterocycles. The summed E-state index contributed by atoms with van der Waals surface area (Å²) >= 11 is 0. The zero-order valence-corrected chi connectivity index (χ0v) is 11.0. The molecule has 3 unspecified atom stereocenters. The van der Waals surface area contributed by atoms with Crippen LogP contribution in [0.4, 0.5) is 0 Å². The minimum absolute atomic E-state index is 0.0562. The molecular formula is C15H20N2O2. The lowest BCUT2D eigenvalue weighted by atomic mass is 9.82. The van der Waals surface area contributed by atoms with E-state index >= 15 is 0 Å². The zero-order valence-electron chi connectivity index (χ0n) is 11.0. The van der Waals surface area contributed by atoms with Crippen LogP contribution in [0.3, 0.4) is 0 Å². The Morgan fingerprint density at radius 3 is 3.11 bits per heavy atom. The number of hydrogen-bond donors (Lipinski definition) is 1. The van der Waals surface area contributed by atoms with Crippen LogP contribution in [0, 0.1) is 0 Å². The van der Waals surface area contributed by atoms with E-state index in [2.05, 4.69) is 11.1 Å². The van der Waals surface area contributed by atoms with Crippen LogP contribution in [0.5, 0.6) is 0 Å². The first-order chi connectivity index (χ1) is 9.29. The summed E-state index contributed by atoms with van der Waals surface area (Å²) in [7, 11) is 0. The van der Waals surface area contributed by atoms with E-state index < -0.39 is 0 Å². The molecule has 0 saturated carbocycles. The minimum Gasteiger partial charge on any atom is -0.366 e. The van der Waals surface area contributed by atoms with Gasteiger partial charge in [-0.1, -0.05) is 6.07 Å². The summed E-state index contributed by atoms with van der Waals surface area (Å²) < 4.78 is 5.74. The first kappa shape index (κ1) is 12.8. The smallest absolute Gasteiger partial charge is 0.170 e. The predicted octanol–water partition coefficient (Wildman–Crippen LogP) is 1.58. The molecule has 1 aliphatic carbocycles. The lowest BCUT2D eigenvalue weighted by Crippen LogP contribution is -2.31. The highest BCUT2D eigenvalue weighted by molar-refractivity contribution is 5.90. The second-order valence-electron chi connectivity index (χ2n) is 5.45. The van der Waals surface area contributed by atoms with Crippen molar-refractivity contribution in [1.82, 2.24) is 4.98 Å². The Morgan fingerprint density at radius 1 is 1.42 bits per heavy atom. The number of carbonyl (C=O) groups is 1. The van der Waals surface area contributed by atoms with Crippen LogP contribution in [0.15, 0.2) is 18.3 Å². The maximum absolute atomic E-state index is 12.6. The third-order valence-electron chi connectivity index (χ3n) is 4.23. The second-order valence-corrected chi connectivity index (χ2v) is 5.45. The molecule has 102 valence electrons. The van der Waals surface area contributed by atoms with E-state index in [0.29, 0.717) is 6.54 Å². The quantitative estimate of drug-likeness (QED) is 0.896. The number of ketones is 1. The Hall–Kier alpha value is -1.26. The maximum atomic E-state index is 12.6. The van der Waals surface area contributed by atoms with Crippen molar-refractivity contribution in [2.75, 3.05) is 6.54 Å². The van der Waals surface area contributed by atoms with Gasteiger partial charge in [0, 0.05) is 12.7 Å². The number of hydrogen-bond acceptors (Lipinski definition) is 4. The maximum Gasteiger partial charge on any atom is 0.170 e. The number of aryl methyl sites for hydroxylation is 1. The van der Waals surface area contributed by atoms with Crippen molar-refractivity contribution < 1.29 is 9.53 Å². The zero-order chi connectivity index (χ0) is 13.2. The van der Waals surface area contributed by atoms with Gasteiger partial charge in [-0.2, -0.15) is 0 Å². The van der Waals surface area contributed by atoms with Crippen molar-refractivity contribution in [3.8, 4) is 0 Å². The molecule has 0 radical (unpaired) electrons. The summed E-state index contributed by atoms with van der Waals surface area (Å²) in [6.07, 6.45) is 6.26. The van der Waals surface area contributed by atoms with Gasteiger partial charge in [0.1, 0.15) is 6.10 Å². The largest absolute Gasteiger partial charge is 0.366 e. The highest BCUT2D eigenvalue weighted by Crippen LogP contribution is 2.34. The lowest BCUT2D eigenvalue weighted by Gasteiger charge is -2.25. The van der Waals surface area contributed by atoms with Crippen LogP contribution < -0.4 is 5.73 Å². The van der Waals surface area contributed by atoms with Crippen molar-refractivity contribution in [2.45, 2.75) is 50.2 Å². The number of ether oxygens (including phenoxy) is 1. The number of fused-ring (bicyclic) bond motifs is 1. The number of nitrogens with zero attached hydrogens (tertiary/aromatic N) is 1. The van der Waals surface area contributed by atoms with Crippen LogP contribution in [0.2, 0.25) is 0 Å². The van der Waals surface area contributed by atoms with E-state index in [1.165, 1.54) is 5.56 Å². The standard InChI is InChI=1S/C15H20N2O2/c16-9-11-6-7-13(19-11)15(18)12-5-1-3-10-4-2-8-17-14(10)12/h2,4,8,11-13H,1,3,5-7,9,16H2. The van der Waals surface area contributed by atoms with Crippen molar-refractivity contribution in [2.24, 2.45) is 5.73 Å². The topological polar surface area (TPSA) is 65.2 Å². The highest BCUT2D eigenvalue weighted by atomic mass is 16.5. The van der Waals surface area contributed by atoms with Crippen LogP contribution in [0.1, 0.15) is 42.9 Å². The fourth-order valence-corrected chi connectivity index (χ4v) is 3.20. The summed E-state index contributed by atoms with van der Waals surface area (Å²) in [6.45, 7) is 0.503. The van der Waals surface area contributed by atoms with Gasteiger partial charge in [0.15, 0.2) is 5.78 Å². The van der Waals surface area contributed by atoms with Gasteiger partial charge in [-0.25, -0.2) is 0 Å². The van der Waals surface area contributed by atoms with E-state index in [1.54, 1.807) is 6.20 Å². The number of Topliss-reactive ketones (excluding diaryl/α,β-unsaturated/α-hetero) is 1. The molecule has 1 saturated heterocycles. The SMILES string of the molecule is NCC1CCC(C(=O)C2CCCc3cccnc32)O1. The Balaban J connectivity index is 1.78. The molecule has 2 N–H and O–H groups in total. The Bertz CT molecular complexity index is 475. The Morgan fingerprint density at radius 2 is 2.32 bits per heavy atom. The van der Waals surface area contributed by atoms with Gasteiger partial charge < -0.3 is 10.5 Å². The Kier molecular flexibility index (Phi) is 3.62. The van der Waals surface area contributed by atoms with Crippen LogP contribution in [0.25, 0.3) is 0 Å². The van der Waals surface area contributed by atoms with Crippen molar-refractivity contribution in [1.29, 1.82) is 0 Å². The molecular weight excluding hydrogens is 240 g/mol. The summed E-state index contributed by atoms with van der Waals surface area (Å²) in [6, 6.07) is 4.03. The molecule has 0 spiro atoms. The van der Waals surface area contributed by atoms with Gasteiger partial charge in [-0.15, -0.1) is 0 Å². The van der Waals surface area contributed by atoms with E-state index in [1.807, 2.05) is 6.07 Å². The molecule has 3 atom stereocenters. The fourth-order valence-electron chi connectivity index (χ4n) is 3.20. The molecule has 1 aliphatic heterocycles. The van der Waals surface area contributed by atoms with E-state index in [9.17, 15) is 4.79 Å². The average Bonchev–Trinajstić information content (AvgIpc) is 2.95. The monoisotopic (exact) mass is 260 g/mol. The number of rotatable bonds is 3. The first-order valence-electron chi connectivity index (χ1n) is 7.12. The van der Waals surface area contributed by atoms with E-state index in [0.717, 1.165) is 37.8 Å². The van der Waals surface area contributed by atoms with Crippen molar-refractivity contribution in [3.05, 3.63) is 29.6 Å². The fraction of sp³-hybridized carbons (Fsp3) is 0.600. The molecule has 3 rings (SSSR count). The number of aromatic nitrogens is 1. The molecule has 19 heavy (non-hydrogen) atoms. The molecule has 0 aromatic carbocycles. The molecule has 2 aliphatic rings. The summed E-state index contributed by atoms with van der Waals surface area (Å²) in [5.74, 6) is 0.127. The van der Waals surface area contributed by atoms with Gasteiger partial charge in [0.25, 0.3) is 0 Å². The predicted molar refractivity (Wildman–Crippen MR) is 71.9 cm³/mol. The molecule has 0 bridgehead atoms. The molecule has 1 aromatic heterocycles. The normalized spacial score (nSPS) is 30.1. The van der Waals surface area contributed by atoms with Crippen molar-refractivity contribution in [3.63, 3.8) is 0 Å². The van der Waals surface area contributed by atoms with Crippen molar-refractivity contribution >= 4 is 5.78 Å². The van der Waals surface area contributed by atoms with Gasteiger partial charge >= 0.3 is 0 Å². The van der Waals surface area contributed by atoms with Gasteiger partial charge in [-0.3, -0.25) is 9.78 Å². The second kappa shape index (κ2) is 5.39. The third kappa shape index (κ3) is 2.42. The number of pyridine rings is 1. The van der Waals surface area contributed by atoms with Gasteiger partial charge in [0.2, 0.25) is 0 Å².